The van der Waals surface area contributed by atoms with E-state index in [0.717, 1.165) is 19.3 Å². The van der Waals surface area contributed by atoms with E-state index in [2.05, 4.69) is 30.6 Å². The monoisotopic (exact) mass is 371 g/mol. The van der Waals surface area contributed by atoms with Crippen LogP contribution in [0, 0.1) is 5.41 Å². The van der Waals surface area contributed by atoms with Gasteiger partial charge in [0.1, 0.15) is 0 Å². The molecule has 0 aromatic carbocycles. The van der Waals surface area contributed by atoms with Crippen molar-refractivity contribution in [3.63, 3.8) is 0 Å². The van der Waals surface area contributed by atoms with E-state index in [1.165, 1.54) is 0 Å². The second kappa shape index (κ2) is 12.5. The summed E-state index contributed by atoms with van der Waals surface area (Å²) >= 11 is 8.30. The van der Waals surface area contributed by atoms with Gasteiger partial charge in [-0.2, -0.15) is 25.3 Å². The van der Waals surface area contributed by atoms with Gasteiger partial charge >= 0.3 is 0 Å². The minimum absolute atomic E-state index is 0. The highest BCUT2D eigenvalue weighted by atomic mass is 35.5. The predicted molar refractivity (Wildman–Crippen MR) is 101 cm³/mol. The Kier molecular flexibility index (Phi) is 13.8. The maximum Gasteiger partial charge on any atom is 0.227 e. The molecule has 0 aliphatic heterocycles. The first-order valence-electron chi connectivity index (χ1n) is 7.32. The summed E-state index contributed by atoms with van der Waals surface area (Å²) in [5.41, 5.74) is 10.7. The molecule has 0 radical (unpaired) electrons. The van der Waals surface area contributed by atoms with Crippen molar-refractivity contribution in [1.82, 2.24) is 5.32 Å². The summed E-state index contributed by atoms with van der Waals surface area (Å²) < 4.78 is 0. The number of nitrogens with two attached hydrogens (primary N) is 2. The number of carbonyl (C=O) groups is 2. The standard InChI is InChI=1S/C14H29N3O2S2.ClH/c1-14(2,9-21)13(19)17-11(8-20)12(18)10(16)6-4-3-5-7-15;/h10-11,20-21H,3-9,15-16H2,1-2H3,(H,17,19);1H/t10?,11-;/m0./s1. The van der Waals surface area contributed by atoms with Gasteiger partial charge < -0.3 is 16.8 Å². The fourth-order valence-electron chi connectivity index (χ4n) is 1.72. The Bertz CT molecular complexity index is 344. The second-order valence-corrected chi connectivity index (χ2v) is 6.58. The zero-order valence-electron chi connectivity index (χ0n) is 13.4. The molecule has 0 bridgehead atoms. The zero-order valence-corrected chi connectivity index (χ0v) is 16.0. The summed E-state index contributed by atoms with van der Waals surface area (Å²) in [6, 6.07) is -1.22. The van der Waals surface area contributed by atoms with Gasteiger partial charge in [0, 0.05) is 11.5 Å². The number of nitrogens with one attached hydrogen (secondary N) is 1. The van der Waals surface area contributed by atoms with Gasteiger partial charge in [0.2, 0.25) is 5.91 Å². The first-order valence-corrected chi connectivity index (χ1v) is 8.58. The SMILES string of the molecule is CC(C)(CS)C(=O)N[C@@H](CS)C(=O)C(N)CCCCCN.Cl. The van der Waals surface area contributed by atoms with E-state index in [1.807, 2.05) is 0 Å². The maximum atomic E-state index is 12.3. The second-order valence-electron chi connectivity index (χ2n) is 5.90. The van der Waals surface area contributed by atoms with Crippen molar-refractivity contribution in [3.05, 3.63) is 0 Å². The van der Waals surface area contributed by atoms with Crippen LogP contribution in [0.1, 0.15) is 39.5 Å². The van der Waals surface area contributed by atoms with Crippen LogP contribution in [0.3, 0.4) is 0 Å². The highest BCUT2D eigenvalue weighted by Gasteiger charge is 2.31. The summed E-state index contributed by atoms with van der Waals surface area (Å²) in [7, 11) is 0. The van der Waals surface area contributed by atoms with Crippen molar-refractivity contribution >= 4 is 49.4 Å². The normalized spacial score (nSPS) is 13.9. The van der Waals surface area contributed by atoms with Crippen LogP contribution in [-0.4, -0.2) is 41.8 Å². The lowest BCUT2D eigenvalue weighted by Gasteiger charge is -2.26. The van der Waals surface area contributed by atoms with E-state index >= 15 is 0 Å². The predicted octanol–water partition coefficient (Wildman–Crippen LogP) is 1.19. The topological polar surface area (TPSA) is 98.2 Å². The molecule has 5 nitrogen and oxygen atoms in total. The van der Waals surface area contributed by atoms with Crippen molar-refractivity contribution in [2.75, 3.05) is 18.1 Å². The molecule has 1 amide bonds. The van der Waals surface area contributed by atoms with Gasteiger partial charge in [0.05, 0.1) is 17.5 Å². The zero-order chi connectivity index (χ0) is 16.5. The van der Waals surface area contributed by atoms with Crippen LogP contribution in [0.25, 0.3) is 0 Å². The van der Waals surface area contributed by atoms with Gasteiger partial charge in [-0.15, -0.1) is 12.4 Å². The summed E-state index contributed by atoms with van der Waals surface area (Å²) in [6.07, 6.45) is 3.36. The number of rotatable bonds is 11. The fraction of sp³-hybridized carbons (Fsp3) is 0.857. The van der Waals surface area contributed by atoms with Crippen LogP contribution in [-0.2, 0) is 9.59 Å². The number of thiol groups is 2. The van der Waals surface area contributed by atoms with Gasteiger partial charge in [-0.25, -0.2) is 0 Å². The lowest BCUT2D eigenvalue weighted by Crippen LogP contribution is -2.52. The maximum absolute atomic E-state index is 12.3. The third kappa shape index (κ3) is 8.62. The molecule has 5 N–H and O–H groups in total. The van der Waals surface area contributed by atoms with Crippen LogP contribution in [0.4, 0.5) is 0 Å². The number of ketones is 1. The van der Waals surface area contributed by atoms with E-state index in [9.17, 15) is 9.59 Å². The van der Waals surface area contributed by atoms with E-state index in [0.29, 0.717) is 18.7 Å². The Labute approximate surface area is 150 Å². The van der Waals surface area contributed by atoms with Crippen molar-refractivity contribution < 1.29 is 9.59 Å². The van der Waals surface area contributed by atoms with Crippen molar-refractivity contribution in [2.45, 2.75) is 51.6 Å². The van der Waals surface area contributed by atoms with Gasteiger partial charge in [-0.3, -0.25) is 9.59 Å². The number of halogens is 1. The van der Waals surface area contributed by atoms with Crippen LogP contribution in [0.15, 0.2) is 0 Å². The van der Waals surface area contributed by atoms with Crippen LogP contribution in [0.2, 0.25) is 0 Å². The first-order chi connectivity index (χ1) is 9.80. The highest BCUT2D eigenvalue weighted by Crippen LogP contribution is 2.17. The summed E-state index contributed by atoms with van der Waals surface area (Å²) in [5, 5.41) is 2.73. The lowest BCUT2D eigenvalue weighted by atomic mass is 9.93. The van der Waals surface area contributed by atoms with Crippen molar-refractivity contribution in [3.8, 4) is 0 Å². The molecule has 0 saturated heterocycles. The molecular formula is C14H30ClN3O2S2. The Balaban J connectivity index is 0. The van der Waals surface area contributed by atoms with Gasteiger partial charge in [0.15, 0.2) is 5.78 Å². The quantitative estimate of drug-likeness (QED) is 0.278. The molecule has 1 unspecified atom stereocenters. The Morgan fingerprint density at radius 1 is 1.18 bits per heavy atom. The molecule has 0 aromatic heterocycles. The fourth-order valence-corrected chi connectivity index (χ4v) is 2.13. The minimum Gasteiger partial charge on any atom is -0.345 e. The number of unbranched alkanes of at least 4 members (excludes halogenated alkanes) is 2. The van der Waals surface area contributed by atoms with Gasteiger partial charge in [-0.1, -0.05) is 26.7 Å². The van der Waals surface area contributed by atoms with E-state index < -0.39 is 17.5 Å². The van der Waals surface area contributed by atoms with Crippen LogP contribution >= 0.6 is 37.7 Å². The van der Waals surface area contributed by atoms with E-state index in [-0.39, 0.29) is 29.9 Å². The summed E-state index contributed by atoms with van der Waals surface area (Å²) in [4.78, 5) is 24.3. The Morgan fingerprint density at radius 2 is 1.77 bits per heavy atom. The Hall–Kier alpha value is 0.0500. The van der Waals surface area contributed by atoms with Crippen LogP contribution in [0.5, 0.6) is 0 Å². The van der Waals surface area contributed by atoms with Gasteiger partial charge in [-0.05, 0) is 19.4 Å². The molecular weight excluding hydrogens is 342 g/mol. The molecule has 0 fully saturated rings. The summed E-state index contributed by atoms with van der Waals surface area (Å²) in [5.74, 6) is 0.266. The molecule has 22 heavy (non-hydrogen) atoms. The smallest absolute Gasteiger partial charge is 0.227 e. The molecule has 0 rings (SSSR count). The number of hydrogen-bond acceptors (Lipinski definition) is 6. The van der Waals surface area contributed by atoms with Crippen molar-refractivity contribution in [1.29, 1.82) is 0 Å². The number of amides is 1. The molecule has 0 saturated carbocycles. The van der Waals surface area contributed by atoms with Crippen molar-refractivity contribution in [2.24, 2.45) is 16.9 Å². The average molecular weight is 372 g/mol. The molecule has 132 valence electrons. The van der Waals surface area contributed by atoms with Gasteiger partial charge in [0.25, 0.3) is 0 Å². The van der Waals surface area contributed by atoms with E-state index in [4.69, 9.17) is 11.5 Å². The van der Waals surface area contributed by atoms with Crippen LogP contribution < -0.4 is 16.8 Å². The largest absolute Gasteiger partial charge is 0.345 e. The highest BCUT2D eigenvalue weighted by molar-refractivity contribution is 7.80. The number of Topliss-reactive ketones (excluding diaryl/α,β-unsaturated/α-hetero) is 1. The third-order valence-corrected chi connectivity index (χ3v) is 4.58. The lowest BCUT2D eigenvalue weighted by molar-refractivity contribution is -0.132. The molecule has 8 heteroatoms. The molecule has 2 atom stereocenters. The Morgan fingerprint density at radius 3 is 2.23 bits per heavy atom. The molecule has 0 aromatic rings. The number of hydrogen-bond donors (Lipinski definition) is 5. The molecule has 0 heterocycles. The minimum atomic E-state index is -0.649. The molecule has 0 aliphatic rings. The average Bonchev–Trinajstić information content (AvgIpc) is 2.47. The third-order valence-electron chi connectivity index (χ3n) is 3.43. The summed E-state index contributed by atoms with van der Waals surface area (Å²) in [6.45, 7) is 4.21. The van der Waals surface area contributed by atoms with E-state index in [1.54, 1.807) is 13.8 Å². The first kappa shape index (κ1) is 24.3. The molecule has 0 aliphatic carbocycles. The number of carbonyl (C=O) groups excluding carboxylic acids is 2. The molecule has 0 spiro atoms.